The first-order valence-electron chi connectivity index (χ1n) is 14.5. The number of benzene rings is 8. The molecule has 42 heavy (non-hydrogen) atoms. The van der Waals surface area contributed by atoms with Crippen LogP contribution in [0.15, 0.2) is 170 Å². The normalized spacial score (nSPS) is 11.3. The Bertz CT molecular complexity index is 2240. The van der Waals surface area contributed by atoms with Crippen molar-refractivity contribution in [3.63, 3.8) is 0 Å². The number of hydrogen-bond acceptors (Lipinski definition) is 0. The van der Waals surface area contributed by atoms with Gasteiger partial charge < -0.3 is 0 Å². The quantitative estimate of drug-likeness (QED) is 0.211. The summed E-state index contributed by atoms with van der Waals surface area (Å²) >= 11 is 0. The van der Waals surface area contributed by atoms with E-state index < -0.39 is 0 Å². The fourth-order valence-corrected chi connectivity index (χ4v) is 6.25. The maximum absolute atomic E-state index is 2.32. The van der Waals surface area contributed by atoms with Crippen molar-refractivity contribution >= 4 is 32.3 Å². The summed E-state index contributed by atoms with van der Waals surface area (Å²) in [6, 6.07) is 61.8. The van der Waals surface area contributed by atoms with Gasteiger partial charge in [0.05, 0.1) is 0 Å². The highest BCUT2D eigenvalue weighted by atomic mass is 14.1. The summed E-state index contributed by atoms with van der Waals surface area (Å²) < 4.78 is 0. The molecule has 0 bridgehead atoms. The lowest BCUT2D eigenvalue weighted by Crippen LogP contribution is -1.87. The van der Waals surface area contributed by atoms with Crippen LogP contribution in [0.25, 0.3) is 76.8 Å². The first-order chi connectivity index (χ1) is 20.8. The summed E-state index contributed by atoms with van der Waals surface area (Å²) in [4.78, 5) is 0. The van der Waals surface area contributed by atoms with Crippen molar-refractivity contribution in [3.8, 4) is 44.5 Å². The predicted octanol–water partition coefficient (Wildman–Crippen LogP) is 11.8. The highest BCUT2D eigenvalue weighted by Gasteiger charge is 2.11. The third-order valence-electron chi connectivity index (χ3n) is 8.46. The molecule has 0 saturated carbocycles. The third kappa shape index (κ3) is 4.35. The van der Waals surface area contributed by atoms with Crippen LogP contribution in [-0.2, 0) is 0 Å². The molecular formula is C42H28. The molecule has 0 nitrogen and oxygen atoms in total. The molecule has 0 unspecified atom stereocenters. The van der Waals surface area contributed by atoms with Gasteiger partial charge in [-0.1, -0.05) is 152 Å². The van der Waals surface area contributed by atoms with Gasteiger partial charge in [-0.05, 0) is 95.0 Å². The molecule has 0 atom stereocenters. The van der Waals surface area contributed by atoms with Crippen LogP contribution in [0.4, 0.5) is 0 Å². The van der Waals surface area contributed by atoms with Crippen LogP contribution in [0, 0.1) is 0 Å². The fraction of sp³-hybridized carbons (Fsp3) is 0. The lowest BCUT2D eigenvalue weighted by molar-refractivity contribution is 1.60. The molecule has 0 radical (unpaired) electrons. The molecule has 0 aliphatic rings. The third-order valence-corrected chi connectivity index (χ3v) is 8.46. The van der Waals surface area contributed by atoms with Gasteiger partial charge in [-0.25, -0.2) is 0 Å². The molecule has 0 aliphatic carbocycles. The highest BCUT2D eigenvalue weighted by Crippen LogP contribution is 2.38. The van der Waals surface area contributed by atoms with E-state index in [-0.39, 0.29) is 0 Å². The number of hydrogen-bond donors (Lipinski definition) is 0. The van der Waals surface area contributed by atoms with Crippen LogP contribution in [0.2, 0.25) is 0 Å². The summed E-state index contributed by atoms with van der Waals surface area (Å²) in [6.07, 6.45) is 0. The molecular weight excluding hydrogens is 504 g/mol. The summed E-state index contributed by atoms with van der Waals surface area (Å²) in [5.74, 6) is 0. The second-order valence-corrected chi connectivity index (χ2v) is 11.0. The van der Waals surface area contributed by atoms with Gasteiger partial charge in [0.1, 0.15) is 0 Å². The van der Waals surface area contributed by atoms with Gasteiger partial charge in [-0.3, -0.25) is 0 Å². The van der Waals surface area contributed by atoms with Crippen LogP contribution in [0.5, 0.6) is 0 Å². The molecule has 0 fully saturated rings. The monoisotopic (exact) mass is 532 g/mol. The molecule has 8 rings (SSSR count). The molecule has 0 heterocycles. The summed E-state index contributed by atoms with van der Waals surface area (Å²) in [6.45, 7) is 0. The Morgan fingerprint density at radius 3 is 1.26 bits per heavy atom. The Hall–Kier alpha value is -5.46. The van der Waals surface area contributed by atoms with E-state index in [0.717, 1.165) is 0 Å². The van der Waals surface area contributed by atoms with Crippen molar-refractivity contribution in [1.82, 2.24) is 0 Å². The van der Waals surface area contributed by atoms with Crippen LogP contribution in [-0.4, -0.2) is 0 Å². The van der Waals surface area contributed by atoms with E-state index >= 15 is 0 Å². The average Bonchev–Trinajstić information content (AvgIpc) is 3.07. The van der Waals surface area contributed by atoms with Gasteiger partial charge in [0.2, 0.25) is 0 Å². The lowest BCUT2D eigenvalue weighted by atomic mass is 9.90. The van der Waals surface area contributed by atoms with E-state index in [1.54, 1.807) is 0 Å². The van der Waals surface area contributed by atoms with Crippen molar-refractivity contribution in [1.29, 1.82) is 0 Å². The van der Waals surface area contributed by atoms with Gasteiger partial charge in [-0.15, -0.1) is 0 Å². The van der Waals surface area contributed by atoms with Crippen molar-refractivity contribution in [2.24, 2.45) is 0 Å². The minimum Gasteiger partial charge on any atom is -0.0616 e. The zero-order valence-corrected chi connectivity index (χ0v) is 23.2. The van der Waals surface area contributed by atoms with Crippen LogP contribution < -0.4 is 0 Å². The maximum atomic E-state index is 2.32. The van der Waals surface area contributed by atoms with E-state index in [1.165, 1.54) is 76.8 Å². The molecule has 0 saturated heterocycles. The van der Waals surface area contributed by atoms with Crippen LogP contribution in [0.1, 0.15) is 0 Å². The Kier molecular flexibility index (Phi) is 5.90. The van der Waals surface area contributed by atoms with Gasteiger partial charge in [0.15, 0.2) is 0 Å². The molecule has 0 N–H and O–H groups in total. The van der Waals surface area contributed by atoms with Crippen molar-refractivity contribution in [3.05, 3.63) is 170 Å². The molecule has 8 aromatic rings. The van der Waals surface area contributed by atoms with Crippen LogP contribution in [0.3, 0.4) is 0 Å². The second kappa shape index (κ2) is 10.2. The van der Waals surface area contributed by atoms with E-state index in [0.29, 0.717) is 0 Å². The van der Waals surface area contributed by atoms with Gasteiger partial charge in [0.25, 0.3) is 0 Å². The SMILES string of the molecule is c1cc(-c2ccc3ccccc3c2)cc(-c2ccc(-c3ccc(-c4ccc5ccccc5c4)cc3)c3ccccc23)c1. The minimum absolute atomic E-state index is 1.23. The van der Waals surface area contributed by atoms with Crippen molar-refractivity contribution < 1.29 is 0 Å². The van der Waals surface area contributed by atoms with E-state index in [2.05, 4.69) is 170 Å². The molecule has 0 aromatic heterocycles. The molecule has 196 valence electrons. The summed E-state index contributed by atoms with van der Waals surface area (Å²) in [7, 11) is 0. The second-order valence-electron chi connectivity index (χ2n) is 11.0. The first-order valence-corrected chi connectivity index (χ1v) is 14.5. The van der Waals surface area contributed by atoms with E-state index in [1.807, 2.05) is 0 Å². The molecule has 0 spiro atoms. The van der Waals surface area contributed by atoms with Crippen LogP contribution >= 0.6 is 0 Å². The molecule has 8 aromatic carbocycles. The smallest absolute Gasteiger partial charge is 0.00992 e. The molecule has 0 heteroatoms. The Morgan fingerprint density at radius 2 is 0.643 bits per heavy atom. The topological polar surface area (TPSA) is 0 Å². The zero-order valence-electron chi connectivity index (χ0n) is 23.2. The zero-order chi connectivity index (χ0) is 27.9. The maximum Gasteiger partial charge on any atom is -0.00992 e. The summed E-state index contributed by atoms with van der Waals surface area (Å²) in [5, 5.41) is 7.61. The lowest BCUT2D eigenvalue weighted by Gasteiger charge is -2.14. The Labute approximate surface area is 246 Å². The predicted molar refractivity (Wildman–Crippen MR) is 181 cm³/mol. The number of rotatable bonds is 4. The largest absolute Gasteiger partial charge is 0.0616 e. The molecule has 0 amide bonds. The first kappa shape index (κ1) is 24.3. The minimum atomic E-state index is 1.23. The highest BCUT2D eigenvalue weighted by molar-refractivity contribution is 6.05. The fourth-order valence-electron chi connectivity index (χ4n) is 6.25. The van der Waals surface area contributed by atoms with E-state index in [4.69, 9.17) is 0 Å². The molecule has 0 aliphatic heterocycles. The average molecular weight is 533 g/mol. The van der Waals surface area contributed by atoms with E-state index in [9.17, 15) is 0 Å². The standard InChI is InChI=1S/C42H28/c1-3-10-33-26-36(22-18-29(33)8-1)31-16-20-32(21-17-31)39-24-25-40(42-15-6-5-14-41(39)42)38-13-7-12-35(28-38)37-23-19-30-9-2-4-11-34(30)27-37/h1-28H. The van der Waals surface area contributed by atoms with Crippen molar-refractivity contribution in [2.45, 2.75) is 0 Å². The Morgan fingerprint density at radius 1 is 0.214 bits per heavy atom. The van der Waals surface area contributed by atoms with Gasteiger partial charge in [0, 0.05) is 0 Å². The number of fused-ring (bicyclic) bond motifs is 3. The summed E-state index contributed by atoms with van der Waals surface area (Å²) in [5.41, 5.74) is 9.92. The Balaban J connectivity index is 1.17. The van der Waals surface area contributed by atoms with Gasteiger partial charge >= 0.3 is 0 Å². The van der Waals surface area contributed by atoms with Crippen molar-refractivity contribution in [2.75, 3.05) is 0 Å². The van der Waals surface area contributed by atoms with Gasteiger partial charge in [-0.2, -0.15) is 0 Å².